The van der Waals surface area contributed by atoms with E-state index in [9.17, 15) is 14.0 Å². The monoisotopic (exact) mass is 297 g/mol. The predicted octanol–water partition coefficient (Wildman–Crippen LogP) is 3.49. The molecule has 0 radical (unpaired) electrons. The van der Waals surface area contributed by atoms with E-state index in [1.165, 1.54) is 24.3 Å². The Morgan fingerprint density at radius 2 is 1.91 bits per heavy atom. The molecule has 0 spiro atoms. The second-order valence-corrected chi connectivity index (χ2v) is 4.87. The van der Waals surface area contributed by atoms with Crippen LogP contribution in [-0.4, -0.2) is 5.91 Å². The molecule has 5 heteroatoms. The van der Waals surface area contributed by atoms with Crippen molar-refractivity contribution in [2.24, 2.45) is 0 Å². The molecule has 0 aliphatic rings. The van der Waals surface area contributed by atoms with Crippen LogP contribution in [0.4, 0.5) is 10.1 Å². The van der Waals surface area contributed by atoms with Crippen molar-refractivity contribution in [2.75, 3.05) is 5.32 Å². The topological polar surface area (TPSA) is 59.3 Å². The van der Waals surface area contributed by atoms with E-state index in [2.05, 4.69) is 5.32 Å². The molecule has 2 aromatic carbocycles. The number of hydrogen-bond donors (Lipinski definition) is 1. The molecule has 3 aromatic rings. The van der Waals surface area contributed by atoms with Crippen molar-refractivity contribution in [2.45, 2.75) is 6.92 Å². The van der Waals surface area contributed by atoms with E-state index in [4.69, 9.17) is 4.42 Å². The van der Waals surface area contributed by atoms with E-state index >= 15 is 0 Å². The Kier molecular flexibility index (Phi) is 3.47. The van der Waals surface area contributed by atoms with Crippen molar-refractivity contribution in [1.82, 2.24) is 0 Å². The highest BCUT2D eigenvalue weighted by Crippen LogP contribution is 2.18. The normalized spacial score (nSPS) is 10.6. The van der Waals surface area contributed by atoms with Crippen molar-refractivity contribution >= 4 is 22.6 Å². The third-order valence-corrected chi connectivity index (χ3v) is 3.32. The Bertz CT molecular complexity index is 931. The van der Waals surface area contributed by atoms with Crippen molar-refractivity contribution in [3.8, 4) is 0 Å². The molecule has 0 saturated heterocycles. The molecule has 0 saturated carbocycles. The smallest absolute Gasteiger partial charge is 0.349 e. The fraction of sp³-hybridized carbons (Fsp3) is 0.0588. The molecule has 0 aliphatic carbocycles. The minimum Gasteiger partial charge on any atom is -0.422 e. The Morgan fingerprint density at radius 3 is 2.68 bits per heavy atom. The molecule has 22 heavy (non-hydrogen) atoms. The van der Waals surface area contributed by atoms with Gasteiger partial charge in [0.05, 0.1) is 5.69 Å². The van der Waals surface area contributed by atoms with Gasteiger partial charge in [-0.1, -0.05) is 30.3 Å². The zero-order valence-electron chi connectivity index (χ0n) is 11.7. The van der Waals surface area contributed by atoms with Gasteiger partial charge in [0.15, 0.2) is 0 Å². The van der Waals surface area contributed by atoms with Gasteiger partial charge in [0.2, 0.25) is 0 Å². The average molecular weight is 297 g/mol. The molecule has 4 nitrogen and oxygen atoms in total. The third kappa shape index (κ3) is 2.48. The van der Waals surface area contributed by atoms with Crippen LogP contribution in [0.2, 0.25) is 0 Å². The van der Waals surface area contributed by atoms with Crippen LogP contribution in [0.1, 0.15) is 15.9 Å². The summed E-state index contributed by atoms with van der Waals surface area (Å²) in [5.41, 5.74) is 0.332. The zero-order chi connectivity index (χ0) is 15.7. The lowest BCUT2D eigenvalue weighted by Crippen LogP contribution is -2.21. The first-order valence-electron chi connectivity index (χ1n) is 6.65. The Morgan fingerprint density at radius 1 is 1.14 bits per heavy atom. The minimum atomic E-state index is -0.754. The number of aryl methyl sites for hydroxylation is 1. The van der Waals surface area contributed by atoms with Gasteiger partial charge >= 0.3 is 5.63 Å². The van der Waals surface area contributed by atoms with Crippen LogP contribution < -0.4 is 10.9 Å². The van der Waals surface area contributed by atoms with Gasteiger partial charge in [-0.2, -0.15) is 0 Å². The van der Waals surface area contributed by atoms with E-state index in [-0.39, 0.29) is 11.3 Å². The van der Waals surface area contributed by atoms with Gasteiger partial charge in [-0.25, -0.2) is 9.18 Å². The van der Waals surface area contributed by atoms with Crippen molar-refractivity contribution in [3.63, 3.8) is 0 Å². The fourth-order valence-corrected chi connectivity index (χ4v) is 2.20. The number of amides is 1. The summed E-state index contributed by atoms with van der Waals surface area (Å²) < 4.78 is 18.8. The van der Waals surface area contributed by atoms with Crippen LogP contribution in [0.3, 0.4) is 0 Å². The first-order valence-corrected chi connectivity index (χ1v) is 6.65. The average Bonchev–Trinajstić information content (AvgIpc) is 2.50. The number of carbonyl (C=O) groups is 1. The second kappa shape index (κ2) is 5.44. The number of benzene rings is 2. The molecule has 1 aromatic heterocycles. The molecule has 3 rings (SSSR count). The summed E-state index contributed by atoms with van der Waals surface area (Å²) in [7, 11) is 0. The summed E-state index contributed by atoms with van der Waals surface area (Å²) in [5, 5.41) is 3.01. The van der Waals surface area contributed by atoms with E-state index in [1.807, 2.05) is 13.0 Å². The first kappa shape index (κ1) is 14.0. The maximum Gasteiger partial charge on any atom is 0.349 e. The molecule has 0 atom stereocenters. The summed E-state index contributed by atoms with van der Waals surface area (Å²) in [6, 6.07) is 12.5. The van der Waals surface area contributed by atoms with E-state index in [1.54, 1.807) is 18.2 Å². The lowest BCUT2D eigenvalue weighted by molar-refractivity contribution is 0.102. The lowest BCUT2D eigenvalue weighted by Gasteiger charge is -2.06. The number of carbonyl (C=O) groups excluding carboxylic acids is 1. The highest BCUT2D eigenvalue weighted by Gasteiger charge is 2.15. The molecule has 1 amide bonds. The van der Waals surface area contributed by atoms with Crippen LogP contribution in [-0.2, 0) is 0 Å². The van der Waals surface area contributed by atoms with Crippen LogP contribution in [0.25, 0.3) is 11.0 Å². The van der Waals surface area contributed by atoms with Gasteiger partial charge in [0.25, 0.3) is 5.91 Å². The fourth-order valence-electron chi connectivity index (χ4n) is 2.20. The minimum absolute atomic E-state index is 0.0104. The van der Waals surface area contributed by atoms with Crippen LogP contribution in [0, 0.1) is 12.7 Å². The first-order chi connectivity index (χ1) is 10.6. The molecule has 1 heterocycles. The number of fused-ring (bicyclic) bond motifs is 1. The highest BCUT2D eigenvalue weighted by atomic mass is 19.1. The molecule has 0 bridgehead atoms. The van der Waals surface area contributed by atoms with Crippen LogP contribution in [0.15, 0.2) is 57.7 Å². The van der Waals surface area contributed by atoms with Gasteiger partial charge in [-0.05, 0) is 30.7 Å². The number of para-hydroxylation sites is 2. The molecule has 0 unspecified atom stereocenters. The highest BCUT2D eigenvalue weighted by molar-refractivity contribution is 6.05. The molecule has 0 aliphatic heterocycles. The molecule has 1 N–H and O–H groups in total. The quantitative estimate of drug-likeness (QED) is 0.737. The van der Waals surface area contributed by atoms with Crippen molar-refractivity contribution < 1.29 is 13.6 Å². The van der Waals surface area contributed by atoms with Crippen LogP contribution >= 0.6 is 0 Å². The number of hydrogen-bond acceptors (Lipinski definition) is 3. The largest absolute Gasteiger partial charge is 0.422 e. The van der Waals surface area contributed by atoms with Crippen molar-refractivity contribution in [3.05, 3.63) is 75.9 Å². The standard InChI is InChI=1S/C17H12FNO3/c1-10-5-4-6-11-9-12(17(21)22-15(10)11)16(20)19-14-8-3-2-7-13(14)18/h2-9H,1H3,(H,19,20). The van der Waals surface area contributed by atoms with E-state index in [0.717, 1.165) is 5.56 Å². The van der Waals surface area contributed by atoms with Gasteiger partial charge in [-0.3, -0.25) is 4.79 Å². The second-order valence-electron chi connectivity index (χ2n) is 4.87. The van der Waals surface area contributed by atoms with Gasteiger partial charge in [0, 0.05) is 5.39 Å². The predicted molar refractivity (Wildman–Crippen MR) is 81.6 cm³/mol. The zero-order valence-corrected chi connectivity index (χ0v) is 11.7. The maximum atomic E-state index is 13.6. The molecule has 110 valence electrons. The molecular formula is C17H12FNO3. The van der Waals surface area contributed by atoms with E-state index in [0.29, 0.717) is 11.0 Å². The molecule has 0 fully saturated rings. The SMILES string of the molecule is Cc1cccc2cc(C(=O)Nc3ccccc3F)c(=O)oc12. The number of nitrogens with one attached hydrogen (secondary N) is 1. The summed E-state index contributed by atoms with van der Waals surface area (Å²) in [5.74, 6) is -1.28. The van der Waals surface area contributed by atoms with Gasteiger partial charge in [-0.15, -0.1) is 0 Å². The van der Waals surface area contributed by atoms with Crippen LogP contribution in [0.5, 0.6) is 0 Å². The Hall–Kier alpha value is -2.95. The van der Waals surface area contributed by atoms with Gasteiger partial charge < -0.3 is 9.73 Å². The van der Waals surface area contributed by atoms with Crippen molar-refractivity contribution in [1.29, 1.82) is 0 Å². The Labute approximate surface area is 125 Å². The summed E-state index contributed by atoms with van der Waals surface area (Å²) in [6.45, 7) is 1.81. The summed E-state index contributed by atoms with van der Waals surface area (Å²) in [6.07, 6.45) is 0. The number of anilines is 1. The number of rotatable bonds is 2. The lowest BCUT2D eigenvalue weighted by atomic mass is 10.1. The summed E-state index contributed by atoms with van der Waals surface area (Å²) in [4.78, 5) is 24.2. The Balaban J connectivity index is 2.03. The maximum absolute atomic E-state index is 13.6. The third-order valence-electron chi connectivity index (χ3n) is 3.32. The summed E-state index contributed by atoms with van der Waals surface area (Å²) >= 11 is 0. The number of halogens is 1. The van der Waals surface area contributed by atoms with E-state index < -0.39 is 17.3 Å². The molecular weight excluding hydrogens is 285 g/mol. The van der Waals surface area contributed by atoms with Gasteiger partial charge in [0.1, 0.15) is 17.0 Å².